The molecule has 0 aliphatic carbocycles. The molecule has 8 heterocycles. The predicted molar refractivity (Wildman–Crippen MR) is 275 cm³/mol. The van der Waals surface area contributed by atoms with Crippen LogP contribution in [0.2, 0.25) is 0 Å². The van der Waals surface area contributed by atoms with Gasteiger partial charge in [-0.25, -0.2) is 9.48 Å². The van der Waals surface area contributed by atoms with Gasteiger partial charge in [-0.2, -0.15) is 5.10 Å². The van der Waals surface area contributed by atoms with E-state index >= 15 is 0 Å². The van der Waals surface area contributed by atoms with Crippen molar-refractivity contribution < 1.29 is 28.7 Å². The number of benzene rings is 3. The maximum atomic E-state index is 13.8. The van der Waals surface area contributed by atoms with Crippen LogP contribution in [0.4, 0.5) is 16.3 Å². The normalized spacial score (nSPS) is 22.9. The van der Waals surface area contributed by atoms with Gasteiger partial charge in [-0.1, -0.05) is 24.8 Å². The van der Waals surface area contributed by atoms with Crippen LogP contribution >= 0.6 is 0 Å². The highest BCUT2D eigenvalue weighted by molar-refractivity contribution is 6.23. The molecule has 0 radical (unpaired) electrons. The van der Waals surface area contributed by atoms with E-state index in [0.717, 1.165) is 151 Å². The Hall–Kier alpha value is -6.68. The summed E-state index contributed by atoms with van der Waals surface area (Å²) in [5, 5.41) is 11.2. The van der Waals surface area contributed by atoms with Crippen LogP contribution in [-0.4, -0.2) is 131 Å². The van der Waals surface area contributed by atoms with Gasteiger partial charge in [-0.05, 0) is 168 Å². The van der Waals surface area contributed by atoms with Gasteiger partial charge in [-0.3, -0.25) is 24.1 Å². The van der Waals surface area contributed by atoms with Crippen LogP contribution < -0.4 is 26.0 Å². The number of ether oxygens (including phenoxy) is 1. The SMILES string of the molecule is C=C1CCC(N2C(=O)c3ccc(N4CCC(CC5CCN(C(=O)N6CCC(CN7CCC(C8CCNc9c(C(N)=O)c(-c%10ccc(Oc%11ccccc%11)cc%10)nn98)CC7)CC6)CC5)CC4)cc3C2=O)C(=O)N1. The van der Waals surface area contributed by atoms with Crippen molar-refractivity contribution >= 4 is 41.2 Å². The predicted octanol–water partition coefficient (Wildman–Crippen LogP) is 7.75. The summed E-state index contributed by atoms with van der Waals surface area (Å²) in [4.78, 5) is 76.4. The number of nitrogens with one attached hydrogen (secondary N) is 2. The molecule has 11 rings (SSSR count). The molecular weight excluding hydrogens is 909 g/mol. The van der Waals surface area contributed by atoms with Crippen molar-refractivity contribution in [3.63, 3.8) is 0 Å². The number of rotatable bonds is 11. The fourth-order valence-electron chi connectivity index (χ4n) is 12.9. The Balaban J connectivity index is 0.601. The summed E-state index contributed by atoms with van der Waals surface area (Å²) in [6.45, 7) is 12.8. The van der Waals surface area contributed by atoms with Crippen molar-refractivity contribution in [1.29, 1.82) is 0 Å². The Morgan fingerprint density at radius 3 is 2.01 bits per heavy atom. The number of primary amides is 1. The van der Waals surface area contributed by atoms with Gasteiger partial charge < -0.3 is 40.7 Å². The lowest BCUT2D eigenvalue weighted by atomic mass is 9.82. The summed E-state index contributed by atoms with van der Waals surface area (Å²) in [5.74, 6) is 2.84. The molecule has 6 amide bonds. The lowest BCUT2D eigenvalue weighted by molar-refractivity contribution is -0.125. The summed E-state index contributed by atoms with van der Waals surface area (Å²) in [6, 6.07) is 22.4. The van der Waals surface area contributed by atoms with E-state index in [4.69, 9.17) is 15.6 Å². The maximum Gasteiger partial charge on any atom is 0.319 e. The number of likely N-dealkylation sites (tertiary alicyclic amines) is 3. The lowest BCUT2D eigenvalue weighted by Gasteiger charge is -2.42. The van der Waals surface area contributed by atoms with Crippen molar-refractivity contribution in [2.24, 2.45) is 29.4 Å². The maximum absolute atomic E-state index is 13.8. The number of piperidine rings is 5. The van der Waals surface area contributed by atoms with E-state index in [0.29, 0.717) is 70.3 Å². The number of nitrogens with two attached hydrogens (primary N) is 1. The second kappa shape index (κ2) is 20.4. The Bertz CT molecular complexity index is 2690. The number of nitrogens with zero attached hydrogens (tertiary/aromatic N) is 7. The molecule has 16 nitrogen and oxygen atoms in total. The molecule has 1 aromatic heterocycles. The summed E-state index contributed by atoms with van der Waals surface area (Å²) >= 11 is 0. The summed E-state index contributed by atoms with van der Waals surface area (Å²) in [7, 11) is 0. The molecule has 0 bridgehead atoms. The third-order valence-electron chi connectivity index (χ3n) is 17.0. The average molecular weight is 977 g/mol. The van der Waals surface area contributed by atoms with Crippen LogP contribution in [0, 0.1) is 23.7 Å². The first-order valence-electron chi connectivity index (χ1n) is 26.6. The molecule has 2 atom stereocenters. The highest BCUT2D eigenvalue weighted by Crippen LogP contribution is 2.41. The molecule has 5 saturated heterocycles. The number of fused-ring (bicyclic) bond motifs is 2. The van der Waals surface area contributed by atoms with Crippen molar-refractivity contribution in [3.8, 4) is 22.8 Å². The van der Waals surface area contributed by atoms with Crippen LogP contribution in [0.3, 0.4) is 0 Å². The molecule has 0 spiro atoms. The Morgan fingerprint density at radius 2 is 1.35 bits per heavy atom. The number of urea groups is 1. The van der Waals surface area contributed by atoms with Crippen molar-refractivity contribution in [2.75, 3.05) is 75.7 Å². The van der Waals surface area contributed by atoms with Gasteiger partial charge in [0.05, 0.1) is 17.2 Å². The Kier molecular flexibility index (Phi) is 13.5. The van der Waals surface area contributed by atoms with Crippen molar-refractivity contribution in [3.05, 3.63) is 102 Å². The second-order valence-corrected chi connectivity index (χ2v) is 21.4. The molecule has 72 heavy (non-hydrogen) atoms. The van der Waals surface area contributed by atoms with Crippen LogP contribution in [-0.2, 0) is 4.79 Å². The first-order valence-corrected chi connectivity index (χ1v) is 26.6. The molecule has 5 fully saturated rings. The summed E-state index contributed by atoms with van der Waals surface area (Å²) in [6.07, 6.45) is 11.5. The highest BCUT2D eigenvalue weighted by Gasteiger charge is 2.44. The fourth-order valence-corrected chi connectivity index (χ4v) is 12.9. The quantitative estimate of drug-likeness (QED) is 0.126. The summed E-state index contributed by atoms with van der Waals surface area (Å²) < 4.78 is 8.06. The Morgan fingerprint density at radius 1 is 0.708 bits per heavy atom. The number of aromatic nitrogens is 2. The largest absolute Gasteiger partial charge is 0.457 e. The van der Waals surface area contributed by atoms with Gasteiger partial charge in [0.1, 0.15) is 34.6 Å². The van der Waals surface area contributed by atoms with Gasteiger partial charge in [0, 0.05) is 69.3 Å². The van der Waals surface area contributed by atoms with E-state index < -0.39 is 23.8 Å². The number of hydrogen-bond acceptors (Lipinski definition) is 10. The van der Waals surface area contributed by atoms with Gasteiger partial charge in [-0.15, -0.1) is 0 Å². The molecule has 16 heteroatoms. The first-order chi connectivity index (χ1) is 35.0. The molecule has 7 aliphatic rings. The topological polar surface area (TPSA) is 179 Å². The molecule has 3 aromatic carbocycles. The number of amides is 6. The van der Waals surface area contributed by atoms with E-state index in [1.54, 1.807) is 6.07 Å². The van der Waals surface area contributed by atoms with Gasteiger partial charge >= 0.3 is 6.03 Å². The fraction of sp³-hybridized carbons (Fsp3) is 0.500. The number of anilines is 2. The van der Waals surface area contributed by atoms with E-state index in [1.807, 2.05) is 66.7 Å². The van der Waals surface area contributed by atoms with Gasteiger partial charge in [0.2, 0.25) is 5.91 Å². The number of allylic oxidation sites excluding steroid dienone is 1. The number of para-hydroxylation sites is 1. The van der Waals surface area contributed by atoms with E-state index in [-0.39, 0.29) is 18.0 Å². The van der Waals surface area contributed by atoms with Crippen molar-refractivity contribution in [2.45, 2.75) is 89.1 Å². The minimum absolute atomic E-state index is 0.190. The minimum Gasteiger partial charge on any atom is -0.457 e. The standard InChI is InChI=1S/C56H68N10O6/c1-36-7-14-48(53(68)59-36)65-54(69)45-13-10-42(34-46(45)55(65)70)62-27-16-37(17-28-62)33-38-18-29-63(30-19-38)56(71)64-31-20-39(21-32-64)35-61-25-22-40(23-26-61)47-15-24-58-52-49(51(57)67)50(60-66(47)52)41-8-11-44(12-9-41)72-43-5-3-2-4-6-43/h2-6,8-13,34,37-40,47-48,58H,1,7,14-33,35H2,(H2,57,67)(H,59,68). The zero-order chi connectivity index (χ0) is 49.5. The van der Waals surface area contributed by atoms with Crippen LogP contribution in [0.5, 0.6) is 11.5 Å². The molecule has 7 aliphatic heterocycles. The minimum atomic E-state index is -0.811. The van der Waals surface area contributed by atoms with E-state index in [9.17, 15) is 24.0 Å². The van der Waals surface area contributed by atoms with Crippen LogP contribution in [0.1, 0.15) is 114 Å². The van der Waals surface area contributed by atoms with Gasteiger partial charge in [0.25, 0.3) is 17.7 Å². The van der Waals surface area contributed by atoms with Crippen LogP contribution in [0.15, 0.2) is 85.1 Å². The monoisotopic (exact) mass is 977 g/mol. The molecular formula is C56H68N10O6. The lowest BCUT2D eigenvalue weighted by Crippen LogP contribution is -2.51. The number of imide groups is 1. The average Bonchev–Trinajstić information content (AvgIpc) is 3.92. The zero-order valence-corrected chi connectivity index (χ0v) is 41.3. The van der Waals surface area contributed by atoms with Crippen LogP contribution in [0.25, 0.3) is 11.3 Å². The third kappa shape index (κ3) is 9.69. The second-order valence-electron chi connectivity index (χ2n) is 21.4. The summed E-state index contributed by atoms with van der Waals surface area (Å²) in [5.41, 5.74) is 10.2. The molecule has 0 saturated carbocycles. The molecule has 2 unspecified atom stereocenters. The molecule has 4 aromatic rings. The highest BCUT2D eigenvalue weighted by atomic mass is 16.5. The first kappa shape index (κ1) is 47.6. The smallest absolute Gasteiger partial charge is 0.319 e. The Labute approximate surface area is 421 Å². The number of hydrogen-bond donors (Lipinski definition) is 3. The third-order valence-corrected chi connectivity index (χ3v) is 17.0. The van der Waals surface area contributed by atoms with E-state index in [1.165, 1.54) is 6.42 Å². The molecule has 4 N–H and O–H groups in total. The number of carbonyl (C=O) groups is 5. The molecule has 378 valence electrons. The number of carbonyl (C=O) groups excluding carboxylic acids is 5. The van der Waals surface area contributed by atoms with Crippen molar-refractivity contribution in [1.82, 2.24) is 34.7 Å². The zero-order valence-electron chi connectivity index (χ0n) is 41.3. The van der Waals surface area contributed by atoms with Gasteiger partial charge in [0.15, 0.2) is 0 Å². The van der Waals surface area contributed by atoms with E-state index in [2.05, 4.69) is 41.5 Å².